The van der Waals surface area contributed by atoms with Gasteiger partial charge in [0.25, 0.3) is 5.56 Å². The summed E-state index contributed by atoms with van der Waals surface area (Å²) >= 11 is 0. The van der Waals surface area contributed by atoms with Gasteiger partial charge in [0.05, 0.1) is 17.7 Å². The second-order valence-corrected chi connectivity index (χ2v) is 7.43. The van der Waals surface area contributed by atoms with Gasteiger partial charge in [0, 0.05) is 24.8 Å². The topological polar surface area (TPSA) is 102 Å². The first-order valence-electron chi connectivity index (χ1n) is 8.94. The van der Waals surface area contributed by atoms with E-state index in [9.17, 15) is 20.0 Å². The minimum absolute atomic E-state index is 0.355. The molecular formula is C21H22N2O5. The lowest BCUT2D eigenvalue weighted by Crippen LogP contribution is -2.54. The second kappa shape index (κ2) is 7.13. The fourth-order valence-corrected chi connectivity index (χ4v) is 3.50. The summed E-state index contributed by atoms with van der Waals surface area (Å²) < 4.78 is 13.1. The maximum Gasteiger partial charge on any atom is 0.303 e. The average molecular weight is 382 g/mol. The Morgan fingerprint density at radius 3 is 2.64 bits per heavy atom. The van der Waals surface area contributed by atoms with Crippen LogP contribution in [0.2, 0.25) is 0 Å². The number of carbonyl (C=O) groups is 1. The van der Waals surface area contributed by atoms with Crippen LogP contribution in [0.4, 0.5) is 0 Å². The molecule has 1 aliphatic heterocycles. The lowest BCUT2D eigenvalue weighted by atomic mass is 9.85. The van der Waals surface area contributed by atoms with E-state index >= 15 is 0 Å². The number of aliphatic hydroxyl groups is 1. The molecule has 0 saturated heterocycles. The molecule has 0 fully saturated rings. The van der Waals surface area contributed by atoms with E-state index in [0.717, 1.165) is 0 Å². The van der Waals surface area contributed by atoms with Gasteiger partial charge in [0.1, 0.15) is 17.4 Å². The van der Waals surface area contributed by atoms with Gasteiger partial charge in [-0.2, -0.15) is 5.26 Å². The number of pyridine rings is 1. The van der Waals surface area contributed by atoms with Gasteiger partial charge in [-0.15, -0.1) is 0 Å². The number of benzene rings is 1. The summed E-state index contributed by atoms with van der Waals surface area (Å²) in [6.45, 7) is 6.44. The molecule has 1 aliphatic rings. The van der Waals surface area contributed by atoms with Crippen molar-refractivity contribution < 1.29 is 19.4 Å². The van der Waals surface area contributed by atoms with Crippen molar-refractivity contribution in [2.75, 3.05) is 0 Å². The largest absolute Gasteiger partial charge is 0.484 e. The first-order chi connectivity index (χ1) is 13.1. The van der Waals surface area contributed by atoms with Crippen LogP contribution in [0.1, 0.15) is 56.5 Å². The highest BCUT2D eigenvalue weighted by Crippen LogP contribution is 2.43. The van der Waals surface area contributed by atoms with Crippen LogP contribution in [0.25, 0.3) is 0 Å². The number of aliphatic hydroxyl groups excluding tert-OH is 1. The monoisotopic (exact) mass is 382 g/mol. The first kappa shape index (κ1) is 19.6. The third kappa shape index (κ3) is 3.51. The van der Waals surface area contributed by atoms with Crippen LogP contribution < -0.4 is 10.3 Å². The first-order valence-corrected chi connectivity index (χ1v) is 8.94. The standard InChI is InChI=1S/C21H22N2O5/c1-12(24)15-7-8-23(18(26)10-15)19-16-9-14(11-22)5-6-17(16)28-21(3,4)20(19)27-13(2)25/h5-10,12,19-20,24H,1-4H3/t12?,19-,20+/m1/s1. The molecule has 0 bridgehead atoms. The highest BCUT2D eigenvalue weighted by Gasteiger charge is 2.47. The molecule has 0 aliphatic carbocycles. The molecule has 1 N–H and O–H groups in total. The normalized spacial score (nSPS) is 21.0. The molecule has 7 heteroatoms. The van der Waals surface area contributed by atoms with Crippen LogP contribution in [0.3, 0.4) is 0 Å². The average Bonchev–Trinajstić information content (AvgIpc) is 2.62. The van der Waals surface area contributed by atoms with Gasteiger partial charge in [-0.3, -0.25) is 9.59 Å². The fourth-order valence-electron chi connectivity index (χ4n) is 3.50. The highest BCUT2D eigenvalue weighted by atomic mass is 16.6. The minimum atomic E-state index is -0.917. The SMILES string of the molecule is CC(=O)O[C@H]1[C@H](n2ccc(C(C)O)cc2=O)c2cc(C#N)ccc2OC1(C)C. The molecule has 0 spiro atoms. The summed E-state index contributed by atoms with van der Waals surface area (Å²) in [6, 6.07) is 9.35. The highest BCUT2D eigenvalue weighted by molar-refractivity contribution is 5.66. The van der Waals surface area contributed by atoms with E-state index in [1.165, 1.54) is 17.6 Å². The zero-order valence-corrected chi connectivity index (χ0v) is 16.2. The minimum Gasteiger partial charge on any atom is -0.484 e. The summed E-state index contributed by atoms with van der Waals surface area (Å²) in [6.07, 6.45) is -0.0211. The summed E-state index contributed by atoms with van der Waals surface area (Å²) in [5, 5.41) is 19.0. The third-order valence-corrected chi connectivity index (χ3v) is 4.85. The van der Waals surface area contributed by atoms with Crippen molar-refractivity contribution >= 4 is 5.97 Å². The predicted octanol–water partition coefficient (Wildman–Crippen LogP) is 2.47. The van der Waals surface area contributed by atoms with Gasteiger partial charge < -0.3 is 19.1 Å². The van der Waals surface area contributed by atoms with E-state index in [-0.39, 0.29) is 5.56 Å². The van der Waals surface area contributed by atoms with E-state index in [0.29, 0.717) is 22.4 Å². The summed E-state index contributed by atoms with van der Waals surface area (Å²) in [7, 11) is 0. The Morgan fingerprint density at radius 2 is 2.07 bits per heavy atom. The molecule has 2 aromatic rings. The van der Waals surface area contributed by atoms with Crippen molar-refractivity contribution in [1.29, 1.82) is 5.26 Å². The third-order valence-electron chi connectivity index (χ3n) is 4.85. The van der Waals surface area contributed by atoms with Crippen LogP contribution in [-0.4, -0.2) is 27.3 Å². The fraction of sp³-hybridized carbons (Fsp3) is 0.381. The zero-order valence-electron chi connectivity index (χ0n) is 16.2. The molecule has 2 heterocycles. The van der Waals surface area contributed by atoms with Crippen molar-refractivity contribution in [1.82, 2.24) is 4.57 Å². The van der Waals surface area contributed by atoms with Gasteiger partial charge in [-0.1, -0.05) is 0 Å². The molecule has 0 radical (unpaired) electrons. The number of nitrogens with zero attached hydrogens (tertiary/aromatic N) is 2. The zero-order chi connectivity index (χ0) is 20.6. The van der Waals surface area contributed by atoms with Crippen LogP contribution in [0.15, 0.2) is 41.3 Å². The Morgan fingerprint density at radius 1 is 1.36 bits per heavy atom. The number of nitriles is 1. The Kier molecular flexibility index (Phi) is 5.01. The van der Waals surface area contributed by atoms with E-state index in [4.69, 9.17) is 9.47 Å². The van der Waals surface area contributed by atoms with Gasteiger partial charge in [0.15, 0.2) is 6.10 Å². The number of carbonyl (C=O) groups excluding carboxylic acids is 1. The molecule has 3 rings (SSSR count). The predicted molar refractivity (Wildman–Crippen MR) is 101 cm³/mol. The van der Waals surface area contributed by atoms with Crippen molar-refractivity contribution in [3.8, 4) is 11.8 Å². The smallest absolute Gasteiger partial charge is 0.303 e. The Hall–Kier alpha value is -3.11. The number of rotatable bonds is 3. The molecule has 28 heavy (non-hydrogen) atoms. The van der Waals surface area contributed by atoms with Crippen molar-refractivity contribution in [2.24, 2.45) is 0 Å². The van der Waals surface area contributed by atoms with Gasteiger partial charge >= 0.3 is 5.97 Å². The number of ether oxygens (including phenoxy) is 2. The van der Waals surface area contributed by atoms with E-state index in [1.807, 2.05) is 0 Å². The van der Waals surface area contributed by atoms with Gasteiger partial charge in [-0.05, 0) is 50.6 Å². The van der Waals surface area contributed by atoms with Gasteiger partial charge in [-0.25, -0.2) is 0 Å². The Bertz CT molecular complexity index is 1020. The Labute approximate surface area is 162 Å². The lowest BCUT2D eigenvalue weighted by Gasteiger charge is -2.44. The van der Waals surface area contributed by atoms with Crippen molar-refractivity contribution in [3.63, 3.8) is 0 Å². The maximum absolute atomic E-state index is 12.9. The summed E-state index contributed by atoms with van der Waals surface area (Å²) in [5.41, 5.74) is 0.202. The number of hydrogen-bond acceptors (Lipinski definition) is 6. The number of hydrogen-bond donors (Lipinski definition) is 1. The lowest BCUT2D eigenvalue weighted by molar-refractivity contribution is -0.163. The van der Waals surface area contributed by atoms with Gasteiger partial charge in [0.2, 0.25) is 0 Å². The summed E-state index contributed by atoms with van der Waals surface area (Å²) in [4.78, 5) is 24.6. The van der Waals surface area contributed by atoms with E-state index in [2.05, 4.69) is 6.07 Å². The molecule has 1 unspecified atom stereocenters. The van der Waals surface area contributed by atoms with E-state index in [1.54, 1.807) is 51.2 Å². The molecular weight excluding hydrogens is 360 g/mol. The molecule has 0 amide bonds. The van der Waals surface area contributed by atoms with Crippen LogP contribution in [0, 0.1) is 11.3 Å². The van der Waals surface area contributed by atoms with Crippen molar-refractivity contribution in [3.05, 3.63) is 63.6 Å². The molecule has 146 valence electrons. The molecule has 7 nitrogen and oxygen atoms in total. The van der Waals surface area contributed by atoms with E-state index < -0.39 is 29.8 Å². The molecule has 1 aromatic heterocycles. The van der Waals surface area contributed by atoms with Crippen LogP contribution in [-0.2, 0) is 9.53 Å². The molecule has 1 aromatic carbocycles. The maximum atomic E-state index is 12.9. The number of aromatic nitrogens is 1. The van der Waals surface area contributed by atoms with Crippen LogP contribution in [0.5, 0.6) is 5.75 Å². The number of esters is 1. The second-order valence-electron chi connectivity index (χ2n) is 7.43. The molecule has 0 saturated carbocycles. The Balaban J connectivity index is 2.25. The van der Waals surface area contributed by atoms with Crippen LogP contribution >= 0.6 is 0 Å². The van der Waals surface area contributed by atoms with Crippen molar-refractivity contribution in [2.45, 2.75) is 51.5 Å². The number of fused-ring (bicyclic) bond motifs is 1. The quantitative estimate of drug-likeness (QED) is 0.819. The molecule has 3 atom stereocenters. The summed E-state index contributed by atoms with van der Waals surface area (Å²) in [5.74, 6) is 0.0177.